The zero-order chi connectivity index (χ0) is 13.0. The van der Waals surface area contributed by atoms with Gasteiger partial charge in [0.25, 0.3) is 0 Å². The largest absolute Gasteiger partial charge is 0.329 e. The lowest BCUT2D eigenvalue weighted by molar-refractivity contribution is 0.142. The molecule has 1 unspecified atom stereocenters. The van der Waals surface area contributed by atoms with E-state index in [1.54, 1.807) is 0 Å². The number of likely N-dealkylation sites (N-methyl/N-ethyl adjacent to an activating group) is 1. The van der Waals surface area contributed by atoms with Crippen LogP contribution in [-0.2, 0) is 6.42 Å². The van der Waals surface area contributed by atoms with E-state index >= 15 is 0 Å². The van der Waals surface area contributed by atoms with Crippen molar-refractivity contribution in [1.82, 2.24) is 4.90 Å². The fraction of sp³-hybridized carbons (Fsp3) is 0.733. The number of thiophene rings is 1. The van der Waals surface area contributed by atoms with Crippen LogP contribution in [-0.4, -0.2) is 24.5 Å². The molecular weight excluding hydrogens is 240 g/mol. The van der Waals surface area contributed by atoms with Crippen LogP contribution >= 0.6 is 11.3 Å². The Balaban J connectivity index is 2.06. The maximum Gasteiger partial charge on any atom is 0.0564 e. The summed E-state index contributed by atoms with van der Waals surface area (Å²) >= 11 is 1.94. The topological polar surface area (TPSA) is 29.3 Å². The van der Waals surface area contributed by atoms with Gasteiger partial charge in [0, 0.05) is 22.3 Å². The van der Waals surface area contributed by atoms with E-state index in [1.807, 2.05) is 11.3 Å². The number of hydrogen-bond donors (Lipinski definition) is 1. The van der Waals surface area contributed by atoms with Crippen molar-refractivity contribution in [2.45, 2.75) is 57.5 Å². The first kappa shape index (κ1) is 14.0. The Labute approximate surface area is 115 Å². The Kier molecular flexibility index (Phi) is 5.22. The van der Waals surface area contributed by atoms with Gasteiger partial charge in [0.05, 0.1) is 6.04 Å². The summed E-state index contributed by atoms with van der Waals surface area (Å²) in [5.41, 5.74) is 6.03. The average Bonchev–Trinajstić information content (AvgIpc) is 2.89. The zero-order valence-electron chi connectivity index (χ0n) is 11.7. The van der Waals surface area contributed by atoms with Crippen molar-refractivity contribution < 1.29 is 0 Å². The molecule has 1 saturated carbocycles. The van der Waals surface area contributed by atoms with Crippen molar-refractivity contribution in [3.05, 3.63) is 21.9 Å². The molecule has 1 heterocycles. The van der Waals surface area contributed by atoms with Crippen LogP contribution in [0.15, 0.2) is 12.1 Å². The zero-order valence-corrected chi connectivity index (χ0v) is 12.5. The lowest BCUT2D eigenvalue weighted by Crippen LogP contribution is -2.39. The summed E-state index contributed by atoms with van der Waals surface area (Å²) in [7, 11) is 2.26. The van der Waals surface area contributed by atoms with Crippen molar-refractivity contribution in [3.8, 4) is 0 Å². The molecule has 2 N–H and O–H groups in total. The van der Waals surface area contributed by atoms with Crippen LogP contribution < -0.4 is 5.73 Å². The second-order valence-corrected chi connectivity index (χ2v) is 6.57. The molecule has 0 radical (unpaired) electrons. The predicted octanol–water partition coefficient (Wildman–Crippen LogP) is 3.57. The van der Waals surface area contributed by atoms with Crippen molar-refractivity contribution in [2.24, 2.45) is 5.73 Å². The van der Waals surface area contributed by atoms with Gasteiger partial charge in [-0.1, -0.05) is 26.2 Å². The first-order chi connectivity index (χ1) is 8.76. The minimum Gasteiger partial charge on any atom is -0.329 e. The molecule has 1 aliphatic carbocycles. The Bertz CT molecular complexity index is 355. The second kappa shape index (κ2) is 6.69. The molecule has 0 amide bonds. The second-order valence-electron chi connectivity index (χ2n) is 5.37. The molecule has 1 fully saturated rings. The minimum absolute atomic E-state index is 0.415. The fourth-order valence-electron chi connectivity index (χ4n) is 2.99. The fourth-order valence-corrected chi connectivity index (χ4v) is 4.11. The van der Waals surface area contributed by atoms with E-state index in [0.717, 1.165) is 19.0 Å². The molecule has 1 aromatic rings. The molecule has 18 heavy (non-hydrogen) atoms. The maximum absolute atomic E-state index is 6.03. The molecule has 1 aliphatic rings. The third-order valence-corrected chi connectivity index (χ3v) is 5.56. The van der Waals surface area contributed by atoms with Gasteiger partial charge in [0.1, 0.15) is 0 Å². The third-order valence-electron chi connectivity index (χ3n) is 4.22. The van der Waals surface area contributed by atoms with Gasteiger partial charge in [-0.05, 0) is 38.4 Å². The first-order valence-electron chi connectivity index (χ1n) is 7.26. The quantitative estimate of drug-likeness (QED) is 0.882. The molecule has 0 saturated heterocycles. The van der Waals surface area contributed by atoms with E-state index in [2.05, 4.69) is 31.0 Å². The summed E-state index contributed by atoms with van der Waals surface area (Å²) in [5, 5.41) is 0. The molecule has 0 aromatic carbocycles. The summed E-state index contributed by atoms with van der Waals surface area (Å²) in [6, 6.07) is 5.69. The van der Waals surface area contributed by atoms with Crippen LogP contribution in [0, 0.1) is 0 Å². The van der Waals surface area contributed by atoms with Crippen molar-refractivity contribution in [3.63, 3.8) is 0 Å². The first-order valence-corrected chi connectivity index (χ1v) is 8.08. The van der Waals surface area contributed by atoms with Gasteiger partial charge in [0.15, 0.2) is 0 Å². The van der Waals surface area contributed by atoms with Crippen molar-refractivity contribution in [1.29, 1.82) is 0 Å². The summed E-state index contributed by atoms with van der Waals surface area (Å²) in [6.45, 7) is 2.95. The highest BCUT2D eigenvalue weighted by Gasteiger charge is 2.25. The monoisotopic (exact) mass is 266 g/mol. The Morgan fingerprint density at radius 1 is 1.33 bits per heavy atom. The van der Waals surface area contributed by atoms with Gasteiger partial charge >= 0.3 is 0 Å². The van der Waals surface area contributed by atoms with E-state index in [4.69, 9.17) is 5.73 Å². The molecule has 2 nitrogen and oxygen atoms in total. The lowest BCUT2D eigenvalue weighted by Gasteiger charge is -2.36. The van der Waals surface area contributed by atoms with E-state index in [1.165, 1.54) is 41.9 Å². The molecule has 0 bridgehead atoms. The highest BCUT2D eigenvalue weighted by Crippen LogP contribution is 2.31. The molecule has 2 rings (SSSR count). The highest BCUT2D eigenvalue weighted by atomic mass is 32.1. The smallest absolute Gasteiger partial charge is 0.0564 e. The maximum atomic E-state index is 6.03. The van der Waals surface area contributed by atoms with Crippen LogP contribution in [0.1, 0.15) is 54.8 Å². The lowest BCUT2D eigenvalue weighted by atomic mass is 9.93. The van der Waals surface area contributed by atoms with Crippen molar-refractivity contribution >= 4 is 11.3 Å². The van der Waals surface area contributed by atoms with Gasteiger partial charge in [-0.15, -0.1) is 11.3 Å². The van der Waals surface area contributed by atoms with Gasteiger partial charge in [-0.25, -0.2) is 0 Å². The normalized spacial score (nSPS) is 19.3. The van der Waals surface area contributed by atoms with E-state index < -0.39 is 0 Å². The third kappa shape index (κ3) is 3.14. The molecule has 3 heteroatoms. The predicted molar refractivity (Wildman–Crippen MR) is 80.1 cm³/mol. The Hall–Kier alpha value is -0.380. The van der Waals surface area contributed by atoms with Crippen LogP contribution in [0.2, 0.25) is 0 Å². The van der Waals surface area contributed by atoms with Gasteiger partial charge < -0.3 is 5.73 Å². The molecular formula is C15H26N2S. The summed E-state index contributed by atoms with van der Waals surface area (Å²) in [6.07, 6.45) is 8.01. The molecule has 1 aromatic heterocycles. The van der Waals surface area contributed by atoms with Gasteiger partial charge in [-0.3, -0.25) is 4.90 Å². The number of nitrogens with zero attached hydrogens (tertiary/aromatic N) is 1. The van der Waals surface area contributed by atoms with Gasteiger partial charge in [0.2, 0.25) is 0 Å². The Morgan fingerprint density at radius 3 is 2.61 bits per heavy atom. The van der Waals surface area contributed by atoms with Crippen molar-refractivity contribution in [2.75, 3.05) is 13.6 Å². The summed E-state index contributed by atoms with van der Waals surface area (Å²) in [5.74, 6) is 0. The van der Waals surface area contributed by atoms with Crippen LogP contribution in [0.25, 0.3) is 0 Å². The summed E-state index contributed by atoms with van der Waals surface area (Å²) in [4.78, 5) is 5.45. The number of aryl methyl sites for hydroxylation is 1. The van der Waals surface area contributed by atoms with E-state index in [9.17, 15) is 0 Å². The van der Waals surface area contributed by atoms with Crippen LogP contribution in [0.3, 0.4) is 0 Å². The molecule has 0 spiro atoms. The summed E-state index contributed by atoms with van der Waals surface area (Å²) < 4.78 is 0. The number of hydrogen-bond acceptors (Lipinski definition) is 3. The molecule has 1 atom stereocenters. The highest BCUT2D eigenvalue weighted by molar-refractivity contribution is 7.12. The number of nitrogens with two attached hydrogens (primary N) is 1. The average molecular weight is 266 g/mol. The number of rotatable bonds is 5. The van der Waals surface area contributed by atoms with E-state index in [0.29, 0.717) is 6.04 Å². The molecule has 0 aliphatic heterocycles. The van der Waals surface area contributed by atoms with E-state index in [-0.39, 0.29) is 0 Å². The van der Waals surface area contributed by atoms with Gasteiger partial charge in [-0.2, -0.15) is 0 Å². The van der Waals surface area contributed by atoms with Crippen LogP contribution in [0.5, 0.6) is 0 Å². The minimum atomic E-state index is 0.415. The standard InChI is InChI=1S/C15H26N2S/c1-3-13-9-10-15(18-13)14(11-16)17(2)12-7-5-4-6-8-12/h9-10,12,14H,3-8,11,16H2,1-2H3. The SMILES string of the molecule is CCc1ccc(C(CN)N(C)C2CCCCC2)s1. The Morgan fingerprint density at radius 2 is 2.06 bits per heavy atom. The molecule has 102 valence electrons. The van der Waals surface area contributed by atoms with Crippen LogP contribution in [0.4, 0.5) is 0 Å².